The van der Waals surface area contributed by atoms with E-state index in [2.05, 4.69) is 20.1 Å². The molecule has 5 aromatic rings. The van der Waals surface area contributed by atoms with Gasteiger partial charge < -0.3 is 5.73 Å². The van der Waals surface area contributed by atoms with Crippen molar-refractivity contribution in [3.05, 3.63) is 76.7 Å². The summed E-state index contributed by atoms with van der Waals surface area (Å²) >= 11 is 6.37. The van der Waals surface area contributed by atoms with Gasteiger partial charge in [0.05, 0.1) is 34.4 Å². The predicted octanol–water partition coefficient (Wildman–Crippen LogP) is 5.65. The number of pyridine rings is 1. The molecule has 0 saturated carbocycles. The molecule has 0 amide bonds. The second-order valence-corrected chi connectivity index (χ2v) is 7.95. The maximum absolute atomic E-state index is 13.8. The molecule has 0 atom stereocenters. The first-order valence-corrected chi connectivity index (χ1v) is 10.3. The van der Waals surface area contributed by atoms with Crippen LogP contribution in [0.15, 0.2) is 54.9 Å². The number of aryl methyl sites for hydroxylation is 1. The van der Waals surface area contributed by atoms with Crippen molar-refractivity contribution >= 4 is 39.4 Å². The van der Waals surface area contributed by atoms with Gasteiger partial charge in [-0.05, 0) is 31.2 Å². The molecule has 3 aromatic heterocycles. The standard InChI is InChI=1S/C23H16ClF3N6/c1-12-19-21(28)29-11-30-22(19)33(32-12)10-13-9-15-17(24)7-4-8-18(15)31-20(13)14-5-2-3-6-16(14)23(25,26)27/h2-9,11H,10H2,1H3,(H2,28,29,30). The number of alkyl halides is 3. The molecule has 5 rings (SSSR count). The molecule has 0 saturated heterocycles. The summed E-state index contributed by atoms with van der Waals surface area (Å²) in [6.07, 6.45) is -3.22. The van der Waals surface area contributed by atoms with Gasteiger partial charge in [-0.25, -0.2) is 19.6 Å². The monoisotopic (exact) mass is 468 g/mol. The fraction of sp³-hybridized carbons (Fsp3) is 0.130. The van der Waals surface area contributed by atoms with Gasteiger partial charge in [0.15, 0.2) is 5.65 Å². The molecule has 33 heavy (non-hydrogen) atoms. The van der Waals surface area contributed by atoms with Crippen LogP contribution in [0.2, 0.25) is 5.02 Å². The molecule has 166 valence electrons. The summed E-state index contributed by atoms with van der Waals surface area (Å²) in [6.45, 7) is 1.88. The number of nitrogens with zero attached hydrogens (tertiary/aromatic N) is 5. The Kier molecular flexibility index (Phi) is 4.93. The van der Waals surface area contributed by atoms with E-state index in [-0.39, 0.29) is 23.6 Å². The highest BCUT2D eigenvalue weighted by Gasteiger charge is 2.34. The van der Waals surface area contributed by atoms with E-state index in [1.165, 1.54) is 18.5 Å². The Bertz CT molecular complexity index is 1530. The molecule has 0 aliphatic carbocycles. The van der Waals surface area contributed by atoms with E-state index < -0.39 is 11.7 Å². The molecule has 0 aliphatic heterocycles. The summed E-state index contributed by atoms with van der Waals surface area (Å²) in [5, 5.41) is 6.18. The third-order valence-corrected chi connectivity index (χ3v) is 5.76. The summed E-state index contributed by atoms with van der Waals surface area (Å²) in [7, 11) is 0. The van der Waals surface area contributed by atoms with Gasteiger partial charge in [0.1, 0.15) is 12.1 Å². The van der Waals surface area contributed by atoms with Crippen molar-refractivity contribution in [3.8, 4) is 11.3 Å². The number of anilines is 1. The van der Waals surface area contributed by atoms with Crippen LogP contribution in [0, 0.1) is 6.92 Å². The second-order valence-electron chi connectivity index (χ2n) is 7.55. The Hall–Kier alpha value is -3.72. The molecule has 6 nitrogen and oxygen atoms in total. The fourth-order valence-electron chi connectivity index (χ4n) is 3.97. The Morgan fingerprint density at radius 3 is 2.64 bits per heavy atom. The van der Waals surface area contributed by atoms with Crippen LogP contribution >= 0.6 is 11.6 Å². The van der Waals surface area contributed by atoms with Crippen LogP contribution in [0.3, 0.4) is 0 Å². The van der Waals surface area contributed by atoms with Crippen LogP contribution < -0.4 is 5.73 Å². The van der Waals surface area contributed by atoms with Crippen molar-refractivity contribution in [3.63, 3.8) is 0 Å². The molecule has 3 heterocycles. The molecule has 0 spiro atoms. The maximum atomic E-state index is 13.8. The van der Waals surface area contributed by atoms with Crippen LogP contribution in [0.1, 0.15) is 16.8 Å². The Labute approximate surface area is 190 Å². The summed E-state index contributed by atoms with van der Waals surface area (Å²) in [5.41, 5.74) is 7.49. The molecule has 0 aliphatic rings. The second kappa shape index (κ2) is 7.70. The summed E-state index contributed by atoms with van der Waals surface area (Å²) < 4.78 is 43.1. The number of hydrogen-bond acceptors (Lipinski definition) is 5. The predicted molar refractivity (Wildman–Crippen MR) is 121 cm³/mol. The quantitative estimate of drug-likeness (QED) is 0.370. The minimum atomic E-state index is -4.55. The highest BCUT2D eigenvalue weighted by molar-refractivity contribution is 6.35. The SMILES string of the molecule is Cc1nn(Cc2cc3c(Cl)cccc3nc2-c2ccccc2C(F)(F)F)c2ncnc(N)c12. The van der Waals surface area contributed by atoms with Gasteiger partial charge in [-0.1, -0.05) is 35.9 Å². The highest BCUT2D eigenvalue weighted by Crippen LogP contribution is 2.39. The summed E-state index contributed by atoms with van der Waals surface area (Å²) in [5.74, 6) is 0.283. The minimum absolute atomic E-state index is 0.0239. The van der Waals surface area contributed by atoms with E-state index in [1.807, 2.05) is 0 Å². The summed E-state index contributed by atoms with van der Waals surface area (Å²) in [4.78, 5) is 12.9. The molecular formula is C23H16ClF3N6. The van der Waals surface area contributed by atoms with Crippen LogP contribution in [0.25, 0.3) is 33.2 Å². The first kappa shape index (κ1) is 21.1. The van der Waals surface area contributed by atoms with Crippen LogP contribution in [-0.2, 0) is 12.7 Å². The zero-order chi connectivity index (χ0) is 23.3. The van der Waals surface area contributed by atoms with Gasteiger partial charge in [0.2, 0.25) is 0 Å². The van der Waals surface area contributed by atoms with Crippen LogP contribution in [0.4, 0.5) is 19.0 Å². The topological polar surface area (TPSA) is 82.5 Å². The zero-order valence-corrected chi connectivity index (χ0v) is 18.0. The van der Waals surface area contributed by atoms with E-state index in [4.69, 9.17) is 17.3 Å². The number of nitrogen functional groups attached to an aromatic ring is 1. The van der Waals surface area contributed by atoms with Crippen LogP contribution in [-0.4, -0.2) is 24.7 Å². The Morgan fingerprint density at radius 2 is 1.85 bits per heavy atom. The van der Waals surface area contributed by atoms with Gasteiger partial charge in [0, 0.05) is 21.5 Å². The van der Waals surface area contributed by atoms with Crippen molar-refractivity contribution in [1.82, 2.24) is 24.7 Å². The fourth-order valence-corrected chi connectivity index (χ4v) is 4.20. The molecule has 2 aromatic carbocycles. The Balaban J connectivity index is 1.78. The lowest BCUT2D eigenvalue weighted by Gasteiger charge is -2.16. The van der Waals surface area contributed by atoms with E-state index >= 15 is 0 Å². The van der Waals surface area contributed by atoms with Gasteiger partial charge in [-0.2, -0.15) is 18.3 Å². The molecule has 0 unspecified atom stereocenters. The molecule has 0 radical (unpaired) electrons. The molecule has 10 heteroatoms. The third kappa shape index (κ3) is 3.64. The van der Waals surface area contributed by atoms with Crippen LogP contribution in [0.5, 0.6) is 0 Å². The molecule has 0 bridgehead atoms. The average molecular weight is 469 g/mol. The number of nitrogens with two attached hydrogens (primary N) is 1. The largest absolute Gasteiger partial charge is 0.417 e. The van der Waals surface area contributed by atoms with Crippen molar-refractivity contribution in [1.29, 1.82) is 0 Å². The third-order valence-electron chi connectivity index (χ3n) is 5.43. The van der Waals surface area contributed by atoms with Gasteiger partial charge in [-0.3, -0.25) is 0 Å². The lowest BCUT2D eigenvalue weighted by Crippen LogP contribution is -2.10. The molecular weight excluding hydrogens is 453 g/mol. The van der Waals surface area contributed by atoms with Gasteiger partial charge in [-0.15, -0.1) is 0 Å². The number of hydrogen-bond donors (Lipinski definition) is 1. The normalized spacial score (nSPS) is 12.0. The van der Waals surface area contributed by atoms with Gasteiger partial charge in [0.25, 0.3) is 0 Å². The number of rotatable bonds is 3. The number of aromatic nitrogens is 5. The van der Waals surface area contributed by atoms with Crippen molar-refractivity contribution < 1.29 is 13.2 Å². The lowest BCUT2D eigenvalue weighted by atomic mass is 9.98. The first-order chi connectivity index (χ1) is 15.7. The van der Waals surface area contributed by atoms with E-state index in [0.29, 0.717) is 38.2 Å². The average Bonchev–Trinajstić information content (AvgIpc) is 3.10. The number of fused-ring (bicyclic) bond motifs is 2. The van der Waals surface area contributed by atoms with Crippen molar-refractivity contribution in [2.45, 2.75) is 19.6 Å². The molecule has 2 N–H and O–H groups in total. The maximum Gasteiger partial charge on any atom is 0.417 e. The van der Waals surface area contributed by atoms with E-state index in [0.717, 1.165) is 6.07 Å². The first-order valence-electron chi connectivity index (χ1n) is 9.92. The van der Waals surface area contributed by atoms with Gasteiger partial charge >= 0.3 is 6.18 Å². The van der Waals surface area contributed by atoms with Crippen molar-refractivity contribution in [2.24, 2.45) is 0 Å². The highest BCUT2D eigenvalue weighted by atomic mass is 35.5. The summed E-state index contributed by atoms with van der Waals surface area (Å²) in [6, 6.07) is 12.3. The smallest absolute Gasteiger partial charge is 0.383 e. The van der Waals surface area contributed by atoms with E-state index in [1.54, 1.807) is 41.9 Å². The Morgan fingerprint density at radius 1 is 1.06 bits per heavy atom. The molecule has 0 fully saturated rings. The lowest BCUT2D eigenvalue weighted by molar-refractivity contribution is -0.137. The number of halogens is 4. The van der Waals surface area contributed by atoms with Crippen molar-refractivity contribution in [2.75, 3.05) is 5.73 Å². The zero-order valence-electron chi connectivity index (χ0n) is 17.2. The number of benzene rings is 2. The van der Waals surface area contributed by atoms with E-state index in [9.17, 15) is 13.2 Å². The minimum Gasteiger partial charge on any atom is -0.383 e.